The van der Waals surface area contributed by atoms with Crippen LogP contribution >= 0.6 is 23.5 Å². The summed E-state index contributed by atoms with van der Waals surface area (Å²) in [6.45, 7) is 22.1. The van der Waals surface area contributed by atoms with Crippen molar-refractivity contribution in [3.63, 3.8) is 0 Å². The Labute approximate surface area is 396 Å². The average Bonchev–Trinajstić information content (AvgIpc) is 3.29. The Kier molecular flexibility index (Phi) is 16.7. The van der Waals surface area contributed by atoms with Crippen LogP contribution in [0.5, 0.6) is 11.5 Å². The molecule has 1 aliphatic heterocycles. The van der Waals surface area contributed by atoms with Crippen LogP contribution in [-0.4, -0.2) is 65.8 Å². The molecule has 5 aromatic rings. The summed E-state index contributed by atoms with van der Waals surface area (Å²) in [5.74, 6) is 3.87. The minimum Gasteiger partial charge on any atom is -0.497 e. The number of thioether (sulfide) groups is 2. The lowest BCUT2D eigenvalue weighted by molar-refractivity contribution is 0.0276. The first kappa shape index (κ1) is 49.9. The topological polar surface area (TPSA) is 46.2 Å². The number of methoxy groups -OCH3 is 2. The highest BCUT2D eigenvalue weighted by Gasteiger charge is 2.51. The van der Waals surface area contributed by atoms with Crippen LogP contribution in [-0.2, 0) is 19.2 Å². The van der Waals surface area contributed by atoms with Crippen LogP contribution in [0.2, 0.25) is 23.2 Å². The van der Waals surface area contributed by atoms with E-state index in [2.05, 4.69) is 206 Å². The minimum absolute atomic E-state index is 0.0511. The largest absolute Gasteiger partial charge is 0.497 e. The van der Waals surface area contributed by atoms with Crippen molar-refractivity contribution in [3.8, 4) is 11.5 Å². The summed E-state index contributed by atoms with van der Waals surface area (Å²) in [4.78, 5) is 0. The van der Waals surface area contributed by atoms with Gasteiger partial charge in [0.05, 0.1) is 37.6 Å². The zero-order valence-corrected chi connectivity index (χ0v) is 43.9. The fourth-order valence-corrected chi connectivity index (χ4v) is 18.0. The van der Waals surface area contributed by atoms with Crippen LogP contribution in [0.15, 0.2) is 151 Å². The van der Waals surface area contributed by atoms with Gasteiger partial charge < -0.3 is 23.1 Å². The van der Waals surface area contributed by atoms with Gasteiger partial charge in [-0.05, 0) is 112 Å². The van der Waals surface area contributed by atoms with Gasteiger partial charge in [0.15, 0.2) is 8.32 Å². The molecule has 0 bridgehead atoms. The van der Waals surface area contributed by atoms with Gasteiger partial charge in [-0.15, -0.1) is 23.5 Å². The van der Waals surface area contributed by atoms with Crippen molar-refractivity contribution in [1.29, 1.82) is 0 Å². The number of benzene rings is 5. The fraction of sp³-hybridized carbons (Fsp3) is 0.418. The predicted octanol–water partition coefficient (Wildman–Crippen LogP) is 13.3. The molecule has 0 spiro atoms. The molecule has 5 nitrogen and oxygen atoms in total. The SMILES string of the molecule is COc1ccc(C(OC/C(C)=C\CC2(C[C@@H](CO[Si](c3ccccc3)(c3ccccc3)C(C)(C)C)O[Si](C)(C)C(C)(C)C)SCCCS2)(c2ccccc2)c2ccc(OC)cc2)cc1. The molecule has 9 heteroatoms. The molecule has 64 heavy (non-hydrogen) atoms. The van der Waals surface area contributed by atoms with Crippen molar-refractivity contribution in [3.05, 3.63) is 168 Å². The lowest BCUT2D eigenvalue weighted by Crippen LogP contribution is -2.67. The van der Waals surface area contributed by atoms with Crippen molar-refractivity contribution < 1.29 is 23.1 Å². The third-order valence-corrected chi connectivity index (χ3v) is 26.1. The molecule has 0 aliphatic carbocycles. The van der Waals surface area contributed by atoms with Gasteiger partial charge in [0.1, 0.15) is 17.1 Å². The molecule has 0 radical (unpaired) electrons. The zero-order valence-electron chi connectivity index (χ0n) is 40.2. The van der Waals surface area contributed by atoms with Gasteiger partial charge in [-0.3, -0.25) is 0 Å². The van der Waals surface area contributed by atoms with Crippen molar-refractivity contribution in [2.75, 3.05) is 38.9 Å². The monoisotopic (exact) mass is 932 g/mol. The molecule has 1 fully saturated rings. The van der Waals surface area contributed by atoms with Gasteiger partial charge >= 0.3 is 0 Å². The summed E-state index contributed by atoms with van der Waals surface area (Å²) < 4.78 is 33.7. The first-order valence-corrected chi connectivity index (χ1v) is 29.6. The van der Waals surface area contributed by atoms with Crippen LogP contribution < -0.4 is 19.8 Å². The van der Waals surface area contributed by atoms with E-state index in [1.807, 2.05) is 24.3 Å². The quantitative estimate of drug-likeness (QED) is 0.0464. The normalized spacial score (nSPS) is 15.7. The maximum Gasteiger partial charge on any atom is 0.261 e. The van der Waals surface area contributed by atoms with E-state index < -0.39 is 22.2 Å². The van der Waals surface area contributed by atoms with Gasteiger partial charge in [-0.2, -0.15) is 0 Å². The van der Waals surface area contributed by atoms with Crippen LogP contribution in [0.3, 0.4) is 0 Å². The van der Waals surface area contributed by atoms with Gasteiger partial charge in [0, 0.05) is 0 Å². The Morgan fingerprint density at radius 1 is 0.641 bits per heavy atom. The second-order valence-electron chi connectivity index (χ2n) is 19.7. The van der Waals surface area contributed by atoms with E-state index in [0.717, 1.165) is 52.5 Å². The third-order valence-electron chi connectivity index (χ3n) is 13.2. The van der Waals surface area contributed by atoms with Crippen molar-refractivity contribution >= 4 is 50.5 Å². The predicted molar refractivity (Wildman–Crippen MR) is 279 cm³/mol. The van der Waals surface area contributed by atoms with Crippen LogP contribution in [0.1, 0.15) is 84.4 Å². The Morgan fingerprint density at radius 2 is 1.09 bits per heavy atom. The van der Waals surface area contributed by atoms with E-state index in [0.29, 0.717) is 13.2 Å². The number of hydrogen-bond acceptors (Lipinski definition) is 7. The van der Waals surface area contributed by atoms with E-state index in [1.165, 1.54) is 22.4 Å². The molecule has 0 N–H and O–H groups in total. The van der Waals surface area contributed by atoms with Gasteiger partial charge in [-0.25, -0.2) is 0 Å². The molecule has 0 aromatic heterocycles. The standard InChI is InChI=1S/C55H72O5S2Si2/c1-43(41-58-55(44-22-15-12-16-23-44,45-28-32-47(56-8)33-29-45)46-30-34-48(57-9)35-31-46)36-37-54(61-38-21-39-62-54)40-49(60-63(10,11)52(2,3)4)42-59-64(53(5,6)7,50-24-17-13-18-25-50)51-26-19-14-20-27-51/h12-20,22-36,49H,21,37-42H2,1-11H3/b43-36-/t49-/m0/s1. The second kappa shape index (κ2) is 21.4. The zero-order chi connectivity index (χ0) is 46.1. The van der Waals surface area contributed by atoms with E-state index in [9.17, 15) is 0 Å². The molecule has 342 valence electrons. The van der Waals surface area contributed by atoms with Crippen LogP contribution in [0, 0.1) is 0 Å². The molecule has 1 heterocycles. The first-order chi connectivity index (χ1) is 30.5. The third kappa shape index (κ3) is 11.3. The molecular weight excluding hydrogens is 861 g/mol. The number of hydrogen-bond donors (Lipinski definition) is 0. The molecular formula is C55H72O5S2Si2. The Hall–Kier alpha value is -3.55. The lowest BCUT2D eigenvalue weighted by Gasteiger charge is -2.46. The highest BCUT2D eigenvalue weighted by Crippen LogP contribution is 2.50. The smallest absolute Gasteiger partial charge is 0.261 e. The number of ether oxygens (including phenoxy) is 3. The summed E-state index contributed by atoms with van der Waals surface area (Å²) in [5, 5.41) is 2.52. The second-order valence-corrected chi connectivity index (χ2v) is 32.0. The highest BCUT2D eigenvalue weighted by atomic mass is 32.2. The first-order valence-electron chi connectivity index (χ1n) is 22.8. The molecule has 1 atom stereocenters. The summed E-state index contributed by atoms with van der Waals surface area (Å²) in [5.41, 5.74) is 3.41. The maximum atomic E-state index is 7.70. The summed E-state index contributed by atoms with van der Waals surface area (Å²) in [6.07, 6.45) is 5.36. The van der Waals surface area contributed by atoms with E-state index >= 15 is 0 Å². The molecule has 1 aliphatic rings. The van der Waals surface area contributed by atoms with Crippen LogP contribution in [0.4, 0.5) is 0 Å². The van der Waals surface area contributed by atoms with E-state index in [1.54, 1.807) is 14.2 Å². The van der Waals surface area contributed by atoms with E-state index in [4.69, 9.17) is 23.1 Å². The number of rotatable bonds is 19. The van der Waals surface area contributed by atoms with Crippen molar-refractivity contribution in [2.45, 2.75) is 107 Å². The van der Waals surface area contributed by atoms with E-state index in [-0.39, 0.29) is 20.3 Å². The minimum atomic E-state index is -2.80. The van der Waals surface area contributed by atoms with Crippen molar-refractivity contribution in [2.24, 2.45) is 0 Å². The molecule has 5 aromatic carbocycles. The summed E-state index contributed by atoms with van der Waals surface area (Å²) >= 11 is 4.22. The Balaban J connectivity index is 1.35. The highest BCUT2D eigenvalue weighted by molar-refractivity contribution is 8.18. The van der Waals surface area contributed by atoms with Gasteiger partial charge in [0.25, 0.3) is 8.32 Å². The van der Waals surface area contributed by atoms with Crippen molar-refractivity contribution in [1.82, 2.24) is 0 Å². The van der Waals surface area contributed by atoms with Crippen LogP contribution in [0.25, 0.3) is 0 Å². The molecule has 0 saturated carbocycles. The lowest BCUT2D eigenvalue weighted by atomic mass is 9.80. The van der Waals surface area contributed by atoms with Gasteiger partial charge in [0.2, 0.25) is 0 Å². The van der Waals surface area contributed by atoms with Gasteiger partial charge in [-0.1, -0.05) is 168 Å². The maximum absolute atomic E-state index is 7.70. The Morgan fingerprint density at radius 3 is 1.53 bits per heavy atom. The summed E-state index contributed by atoms with van der Waals surface area (Å²) in [7, 11) is -1.61. The molecule has 0 amide bonds. The average molecular weight is 933 g/mol. The molecule has 1 saturated heterocycles. The molecule has 6 rings (SSSR count). The Bertz CT molecular complexity index is 2130. The summed E-state index contributed by atoms with van der Waals surface area (Å²) in [6, 6.07) is 49.1. The molecule has 0 unspecified atom stereocenters. The number of allylic oxidation sites excluding steroid dienone is 1. The fourth-order valence-electron chi connectivity index (χ4n) is 8.68.